The van der Waals surface area contributed by atoms with Crippen molar-refractivity contribution in [3.63, 3.8) is 0 Å². The van der Waals surface area contributed by atoms with Crippen molar-refractivity contribution in [1.29, 1.82) is 0 Å². The number of ketones is 2. The summed E-state index contributed by atoms with van der Waals surface area (Å²) in [5.74, 6) is 1.48. The molecule has 1 aliphatic carbocycles. The van der Waals surface area contributed by atoms with E-state index in [1.165, 1.54) is 25.7 Å². The van der Waals surface area contributed by atoms with Crippen LogP contribution in [0, 0.1) is 0 Å². The minimum Gasteiger partial charge on any atom is -0.494 e. The molecular weight excluding hydrogens is 544 g/mol. The molecule has 0 saturated heterocycles. The first-order valence-electron chi connectivity index (χ1n) is 15.7. The van der Waals surface area contributed by atoms with E-state index in [0.717, 1.165) is 59.8 Å². The van der Waals surface area contributed by atoms with Crippen LogP contribution >= 0.6 is 0 Å². The van der Waals surface area contributed by atoms with Crippen molar-refractivity contribution in [3.8, 4) is 11.5 Å². The molecular formula is C40H40O4. The van der Waals surface area contributed by atoms with Crippen molar-refractivity contribution in [2.24, 2.45) is 0 Å². The highest BCUT2D eigenvalue weighted by molar-refractivity contribution is 6.28. The zero-order valence-corrected chi connectivity index (χ0v) is 25.7. The predicted octanol–water partition coefficient (Wildman–Crippen LogP) is 9.94. The van der Waals surface area contributed by atoms with Gasteiger partial charge >= 0.3 is 0 Å². The van der Waals surface area contributed by atoms with Crippen LogP contribution < -0.4 is 9.47 Å². The quantitative estimate of drug-likeness (QED) is 0.0963. The van der Waals surface area contributed by atoms with Gasteiger partial charge in [-0.15, -0.1) is 0 Å². The van der Waals surface area contributed by atoms with Crippen molar-refractivity contribution < 1.29 is 19.1 Å². The first-order valence-corrected chi connectivity index (χ1v) is 15.7. The molecule has 1 aliphatic rings. The maximum atomic E-state index is 13.6. The number of fused-ring (bicyclic) bond motifs is 2. The molecule has 0 aromatic heterocycles. The van der Waals surface area contributed by atoms with Gasteiger partial charge in [0.15, 0.2) is 11.6 Å². The Balaban J connectivity index is 1.26. The molecule has 44 heavy (non-hydrogen) atoms. The molecule has 0 aliphatic heterocycles. The summed E-state index contributed by atoms with van der Waals surface area (Å²) in [6, 6.07) is 26.9. The van der Waals surface area contributed by atoms with E-state index in [2.05, 4.69) is 13.8 Å². The average molecular weight is 585 g/mol. The summed E-state index contributed by atoms with van der Waals surface area (Å²) in [4.78, 5) is 26.9. The van der Waals surface area contributed by atoms with E-state index in [1.807, 2.05) is 97.1 Å². The van der Waals surface area contributed by atoms with E-state index < -0.39 is 0 Å². The smallest absolute Gasteiger partial charge is 0.194 e. The molecule has 0 fully saturated rings. The highest BCUT2D eigenvalue weighted by atomic mass is 16.5. The maximum absolute atomic E-state index is 13.6. The van der Waals surface area contributed by atoms with Crippen molar-refractivity contribution >= 4 is 35.9 Å². The van der Waals surface area contributed by atoms with Gasteiger partial charge in [-0.05, 0) is 83.6 Å². The molecule has 4 aromatic rings. The van der Waals surface area contributed by atoms with Gasteiger partial charge in [0.05, 0.1) is 13.2 Å². The van der Waals surface area contributed by atoms with E-state index in [-0.39, 0.29) is 11.6 Å². The van der Waals surface area contributed by atoms with Gasteiger partial charge in [0, 0.05) is 22.3 Å². The summed E-state index contributed by atoms with van der Waals surface area (Å²) in [5, 5.41) is 0. The number of hydrogen-bond acceptors (Lipinski definition) is 4. The van der Waals surface area contributed by atoms with E-state index in [4.69, 9.17) is 9.47 Å². The third kappa shape index (κ3) is 7.82. The monoisotopic (exact) mass is 584 g/mol. The van der Waals surface area contributed by atoms with Crippen LogP contribution in [0.2, 0.25) is 0 Å². The molecule has 0 bridgehead atoms. The van der Waals surface area contributed by atoms with Gasteiger partial charge < -0.3 is 9.47 Å². The second kappa shape index (κ2) is 15.2. The molecule has 0 unspecified atom stereocenters. The summed E-state index contributed by atoms with van der Waals surface area (Å²) < 4.78 is 11.6. The SMILES string of the molecule is CCCCCOc1ccc(/C=C/c2ccc3c(c2)C(=O)c2cc(/C=C/c4ccc(OCCCCC)cc4)ccc2C3=O)cc1. The molecule has 0 heterocycles. The molecule has 0 amide bonds. The van der Waals surface area contributed by atoms with E-state index in [1.54, 1.807) is 12.1 Å². The van der Waals surface area contributed by atoms with E-state index >= 15 is 0 Å². The number of rotatable bonds is 14. The van der Waals surface area contributed by atoms with Crippen LogP contribution in [0.15, 0.2) is 84.9 Å². The second-order valence-electron chi connectivity index (χ2n) is 11.2. The highest BCUT2D eigenvalue weighted by Gasteiger charge is 2.29. The zero-order valence-electron chi connectivity index (χ0n) is 25.7. The Morgan fingerprint density at radius 2 is 0.818 bits per heavy atom. The fourth-order valence-electron chi connectivity index (χ4n) is 5.21. The van der Waals surface area contributed by atoms with E-state index in [0.29, 0.717) is 22.3 Å². The minimum absolute atomic E-state index is 0.121. The lowest BCUT2D eigenvalue weighted by atomic mass is 9.82. The lowest BCUT2D eigenvalue weighted by molar-refractivity contribution is 0.0979. The first-order chi connectivity index (χ1) is 21.6. The standard InChI is InChI=1S/C40H40O4/c1-3-5-7-25-43-33-19-13-29(14-20-33)9-11-31-17-23-35-37(27-31)40(42)38-28-32(18-24-36(38)39(35)41)12-10-30-15-21-34(22-16-30)44-26-8-6-4-2/h9-24,27-28H,3-8,25-26H2,1-2H3/b11-9+,12-10+. The average Bonchev–Trinajstić information content (AvgIpc) is 3.06. The largest absolute Gasteiger partial charge is 0.494 e. The maximum Gasteiger partial charge on any atom is 0.194 e. The molecule has 0 atom stereocenters. The predicted molar refractivity (Wildman–Crippen MR) is 181 cm³/mol. The van der Waals surface area contributed by atoms with Crippen LogP contribution in [0.3, 0.4) is 0 Å². The van der Waals surface area contributed by atoms with Gasteiger partial charge in [0.1, 0.15) is 11.5 Å². The van der Waals surface area contributed by atoms with Gasteiger partial charge in [-0.1, -0.05) is 100 Å². The minimum atomic E-state index is -0.130. The molecule has 4 heteroatoms. The van der Waals surface area contributed by atoms with Crippen LogP contribution in [0.25, 0.3) is 24.3 Å². The summed E-state index contributed by atoms with van der Waals surface area (Å²) in [5.41, 5.74) is 5.56. The number of carbonyl (C=O) groups excluding carboxylic acids is 2. The van der Waals surface area contributed by atoms with Crippen LogP contribution in [0.1, 0.15) is 106 Å². The topological polar surface area (TPSA) is 52.6 Å². The van der Waals surface area contributed by atoms with Gasteiger partial charge in [-0.25, -0.2) is 0 Å². The first kappa shape index (κ1) is 30.7. The fraction of sp³-hybridized carbons (Fsp3) is 0.250. The third-order valence-electron chi connectivity index (χ3n) is 7.80. The summed E-state index contributed by atoms with van der Waals surface area (Å²) in [7, 11) is 0. The number of carbonyl (C=O) groups is 2. The van der Waals surface area contributed by atoms with Crippen LogP contribution in [0.4, 0.5) is 0 Å². The highest BCUT2D eigenvalue weighted by Crippen LogP contribution is 2.30. The number of unbranched alkanes of at least 4 members (excludes halogenated alkanes) is 4. The van der Waals surface area contributed by atoms with Crippen LogP contribution in [-0.2, 0) is 0 Å². The Morgan fingerprint density at radius 3 is 1.23 bits per heavy atom. The molecule has 4 nitrogen and oxygen atoms in total. The van der Waals surface area contributed by atoms with Gasteiger partial charge in [-0.3, -0.25) is 9.59 Å². The lowest BCUT2D eigenvalue weighted by Crippen LogP contribution is -2.21. The molecule has 224 valence electrons. The van der Waals surface area contributed by atoms with Crippen molar-refractivity contribution in [3.05, 3.63) is 129 Å². The Bertz CT molecular complexity index is 1520. The lowest BCUT2D eigenvalue weighted by Gasteiger charge is -2.18. The van der Waals surface area contributed by atoms with E-state index in [9.17, 15) is 9.59 Å². The van der Waals surface area contributed by atoms with Crippen molar-refractivity contribution in [1.82, 2.24) is 0 Å². The molecule has 0 radical (unpaired) electrons. The Hall–Kier alpha value is -4.70. The molecule has 0 spiro atoms. The Labute approximate surface area is 261 Å². The molecule has 4 aromatic carbocycles. The van der Waals surface area contributed by atoms with Gasteiger partial charge in [0.2, 0.25) is 0 Å². The molecule has 0 N–H and O–H groups in total. The number of benzene rings is 4. The number of hydrogen-bond donors (Lipinski definition) is 0. The van der Waals surface area contributed by atoms with Crippen molar-refractivity contribution in [2.45, 2.75) is 52.4 Å². The summed E-state index contributed by atoms with van der Waals surface area (Å²) in [6.45, 7) is 5.82. The second-order valence-corrected chi connectivity index (χ2v) is 11.2. The van der Waals surface area contributed by atoms with Gasteiger partial charge in [0.25, 0.3) is 0 Å². The molecule has 0 saturated carbocycles. The van der Waals surface area contributed by atoms with Crippen LogP contribution in [-0.4, -0.2) is 24.8 Å². The van der Waals surface area contributed by atoms with Gasteiger partial charge in [-0.2, -0.15) is 0 Å². The van der Waals surface area contributed by atoms with Crippen LogP contribution in [0.5, 0.6) is 11.5 Å². The Kier molecular flexibility index (Phi) is 10.6. The Morgan fingerprint density at radius 1 is 0.455 bits per heavy atom. The summed E-state index contributed by atoms with van der Waals surface area (Å²) >= 11 is 0. The third-order valence-corrected chi connectivity index (χ3v) is 7.80. The van der Waals surface area contributed by atoms with Crippen molar-refractivity contribution in [2.75, 3.05) is 13.2 Å². The fourth-order valence-corrected chi connectivity index (χ4v) is 5.21. The molecule has 5 rings (SSSR count). The number of ether oxygens (including phenoxy) is 2. The summed E-state index contributed by atoms with van der Waals surface area (Å²) in [6.07, 6.45) is 14.7. The zero-order chi connectivity index (χ0) is 30.7. The normalized spacial score (nSPS) is 12.5.